The molecule has 0 saturated carbocycles. The zero-order valence-electron chi connectivity index (χ0n) is 11.2. The molecule has 4 heteroatoms. The summed E-state index contributed by atoms with van der Waals surface area (Å²) in [5.74, 6) is -0.297. The maximum atomic E-state index is 12.4. The van der Waals surface area contributed by atoms with Crippen molar-refractivity contribution in [3.05, 3.63) is 66.2 Å². The van der Waals surface area contributed by atoms with Gasteiger partial charge < -0.3 is 15.6 Å². The molecule has 0 unspecified atom stereocenters. The van der Waals surface area contributed by atoms with Gasteiger partial charge >= 0.3 is 5.97 Å². The fraction of sp³-hybridized carbons (Fsp3) is 0.188. The largest absolute Gasteiger partial charge is 0.425 e. The molecule has 0 aromatic heterocycles. The molecule has 2 aromatic carbocycles. The van der Waals surface area contributed by atoms with E-state index < -0.39 is 17.6 Å². The second-order valence-corrected chi connectivity index (χ2v) is 4.61. The second kappa shape index (κ2) is 5.86. The molecular weight excluding hydrogens is 254 g/mol. The SMILES string of the molecule is C[C@@H](O)[C@](N)(C(=O)Oc1ccccc1)c1ccccc1. The van der Waals surface area contributed by atoms with Crippen LogP contribution in [0.1, 0.15) is 12.5 Å². The number of benzene rings is 2. The Bertz CT molecular complexity index is 569. The van der Waals surface area contributed by atoms with Crippen LogP contribution in [0.15, 0.2) is 60.7 Å². The van der Waals surface area contributed by atoms with Crippen molar-refractivity contribution < 1.29 is 14.6 Å². The molecule has 2 rings (SSSR count). The van der Waals surface area contributed by atoms with E-state index in [-0.39, 0.29) is 0 Å². The van der Waals surface area contributed by atoms with Crippen LogP contribution >= 0.6 is 0 Å². The fourth-order valence-electron chi connectivity index (χ4n) is 1.92. The molecule has 104 valence electrons. The van der Waals surface area contributed by atoms with Crippen LogP contribution < -0.4 is 10.5 Å². The van der Waals surface area contributed by atoms with Gasteiger partial charge in [0.1, 0.15) is 5.75 Å². The van der Waals surface area contributed by atoms with E-state index in [0.717, 1.165) is 0 Å². The van der Waals surface area contributed by atoms with E-state index in [1.54, 1.807) is 48.5 Å². The van der Waals surface area contributed by atoms with Gasteiger partial charge in [-0.25, -0.2) is 4.79 Å². The number of aliphatic hydroxyl groups excluding tert-OH is 1. The number of ether oxygens (including phenoxy) is 1. The lowest BCUT2D eigenvalue weighted by atomic mass is 9.86. The van der Waals surface area contributed by atoms with E-state index in [1.807, 2.05) is 12.1 Å². The summed E-state index contributed by atoms with van der Waals surface area (Å²) in [6.45, 7) is 1.47. The van der Waals surface area contributed by atoms with E-state index in [2.05, 4.69) is 0 Å². The minimum atomic E-state index is -1.60. The standard InChI is InChI=1S/C16H17NO3/c1-12(18)16(17,13-8-4-2-5-9-13)15(19)20-14-10-6-3-7-11-14/h2-12,18H,17H2,1H3/t12-,16-/m1/s1. The molecule has 2 atom stereocenters. The predicted octanol–water partition coefficient (Wildman–Crippen LogP) is 1.83. The van der Waals surface area contributed by atoms with Gasteiger partial charge in [-0.3, -0.25) is 0 Å². The van der Waals surface area contributed by atoms with Crippen LogP contribution in [-0.2, 0) is 10.3 Å². The summed E-state index contributed by atoms with van der Waals surface area (Å²) in [7, 11) is 0. The topological polar surface area (TPSA) is 72.5 Å². The number of carbonyl (C=O) groups excluding carboxylic acids is 1. The zero-order chi connectivity index (χ0) is 14.6. The maximum absolute atomic E-state index is 12.4. The highest BCUT2D eigenvalue weighted by molar-refractivity contribution is 5.85. The molecule has 0 aliphatic rings. The first-order valence-electron chi connectivity index (χ1n) is 6.35. The van der Waals surface area contributed by atoms with Gasteiger partial charge in [0.2, 0.25) is 0 Å². The van der Waals surface area contributed by atoms with Gasteiger partial charge in [-0.15, -0.1) is 0 Å². The first-order valence-corrected chi connectivity index (χ1v) is 6.35. The van der Waals surface area contributed by atoms with Crippen molar-refractivity contribution in [2.45, 2.75) is 18.6 Å². The molecule has 0 saturated heterocycles. The third kappa shape index (κ3) is 2.71. The van der Waals surface area contributed by atoms with Crippen molar-refractivity contribution in [3.8, 4) is 5.75 Å². The van der Waals surface area contributed by atoms with Crippen LogP contribution in [0.3, 0.4) is 0 Å². The van der Waals surface area contributed by atoms with Gasteiger partial charge in [0.15, 0.2) is 5.54 Å². The summed E-state index contributed by atoms with van der Waals surface area (Å²) in [5.41, 5.74) is 5.04. The lowest BCUT2D eigenvalue weighted by molar-refractivity contribution is -0.145. The molecule has 0 spiro atoms. The van der Waals surface area contributed by atoms with Crippen molar-refractivity contribution >= 4 is 5.97 Å². The van der Waals surface area contributed by atoms with E-state index in [9.17, 15) is 9.90 Å². The van der Waals surface area contributed by atoms with Crippen molar-refractivity contribution in [1.29, 1.82) is 0 Å². The molecule has 0 radical (unpaired) electrons. The Morgan fingerprint density at radius 3 is 2.10 bits per heavy atom. The number of hydrogen-bond donors (Lipinski definition) is 2. The third-order valence-electron chi connectivity index (χ3n) is 3.20. The lowest BCUT2D eigenvalue weighted by Crippen LogP contribution is -2.55. The normalized spacial score (nSPS) is 15.2. The number of nitrogens with two attached hydrogens (primary N) is 1. The van der Waals surface area contributed by atoms with Crippen LogP contribution in [0.25, 0.3) is 0 Å². The zero-order valence-corrected chi connectivity index (χ0v) is 11.2. The summed E-state index contributed by atoms with van der Waals surface area (Å²) in [6, 6.07) is 17.4. The molecule has 0 aliphatic carbocycles. The third-order valence-corrected chi connectivity index (χ3v) is 3.20. The molecule has 0 aliphatic heterocycles. The molecule has 3 N–H and O–H groups in total. The number of rotatable bonds is 4. The minimum Gasteiger partial charge on any atom is -0.425 e. The van der Waals surface area contributed by atoms with Gasteiger partial charge in [-0.2, -0.15) is 0 Å². The molecule has 0 amide bonds. The van der Waals surface area contributed by atoms with Crippen LogP contribution in [-0.4, -0.2) is 17.2 Å². The Kier molecular flexibility index (Phi) is 4.17. The van der Waals surface area contributed by atoms with E-state index in [0.29, 0.717) is 11.3 Å². The summed E-state index contributed by atoms with van der Waals surface area (Å²) in [5, 5.41) is 9.95. The lowest BCUT2D eigenvalue weighted by Gasteiger charge is -2.30. The number of hydrogen-bond acceptors (Lipinski definition) is 4. The monoisotopic (exact) mass is 271 g/mol. The molecule has 0 fully saturated rings. The smallest absolute Gasteiger partial charge is 0.338 e. The highest BCUT2D eigenvalue weighted by Crippen LogP contribution is 2.25. The number of aliphatic hydroxyl groups is 1. The maximum Gasteiger partial charge on any atom is 0.338 e. The number of esters is 1. The Labute approximate surface area is 117 Å². The van der Waals surface area contributed by atoms with Gasteiger partial charge in [0.05, 0.1) is 6.10 Å². The first kappa shape index (κ1) is 14.2. The summed E-state index contributed by atoms with van der Waals surface area (Å²) >= 11 is 0. The van der Waals surface area contributed by atoms with E-state index >= 15 is 0 Å². The van der Waals surface area contributed by atoms with Gasteiger partial charge in [0, 0.05) is 0 Å². The molecule has 0 bridgehead atoms. The van der Waals surface area contributed by atoms with Crippen molar-refractivity contribution in [2.24, 2.45) is 5.73 Å². The first-order chi connectivity index (χ1) is 9.55. The Morgan fingerprint density at radius 2 is 1.60 bits per heavy atom. The average Bonchev–Trinajstić information content (AvgIpc) is 2.48. The van der Waals surface area contributed by atoms with Crippen molar-refractivity contribution in [3.63, 3.8) is 0 Å². The van der Waals surface area contributed by atoms with Crippen LogP contribution in [0, 0.1) is 0 Å². The van der Waals surface area contributed by atoms with E-state index in [4.69, 9.17) is 10.5 Å². The van der Waals surface area contributed by atoms with E-state index in [1.165, 1.54) is 6.92 Å². The van der Waals surface area contributed by atoms with Crippen LogP contribution in [0.2, 0.25) is 0 Å². The molecule has 2 aromatic rings. The van der Waals surface area contributed by atoms with Crippen molar-refractivity contribution in [1.82, 2.24) is 0 Å². The summed E-state index contributed by atoms with van der Waals surface area (Å²) < 4.78 is 5.27. The summed E-state index contributed by atoms with van der Waals surface area (Å²) in [4.78, 5) is 12.4. The highest BCUT2D eigenvalue weighted by Gasteiger charge is 2.42. The molecule has 4 nitrogen and oxygen atoms in total. The van der Waals surface area contributed by atoms with Gasteiger partial charge in [-0.1, -0.05) is 48.5 Å². The fourth-order valence-corrected chi connectivity index (χ4v) is 1.92. The quantitative estimate of drug-likeness (QED) is 0.657. The van der Waals surface area contributed by atoms with Crippen LogP contribution in [0.4, 0.5) is 0 Å². The number of para-hydroxylation sites is 1. The second-order valence-electron chi connectivity index (χ2n) is 4.61. The molecule has 20 heavy (non-hydrogen) atoms. The minimum absolute atomic E-state index is 0.393. The van der Waals surface area contributed by atoms with Gasteiger partial charge in [0.25, 0.3) is 0 Å². The Hall–Kier alpha value is -2.17. The van der Waals surface area contributed by atoms with Crippen LogP contribution in [0.5, 0.6) is 5.75 Å². The molecular formula is C16H17NO3. The Balaban J connectivity index is 2.32. The highest BCUT2D eigenvalue weighted by atomic mass is 16.5. The van der Waals surface area contributed by atoms with Crippen molar-refractivity contribution in [2.75, 3.05) is 0 Å². The average molecular weight is 271 g/mol. The van der Waals surface area contributed by atoms with Gasteiger partial charge in [-0.05, 0) is 24.6 Å². The molecule has 0 heterocycles. The Morgan fingerprint density at radius 1 is 1.10 bits per heavy atom. The predicted molar refractivity (Wildman–Crippen MR) is 76.1 cm³/mol. The summed E-state index contributed by atoms with van der Waals surface area (Å²) in [6.07, 6.45) is -1.08. The number of carbonyl (C=O) groups is 1.